The zero-order valence-electron chi connectivity index (χ0n) is 18.2. The van der Waals surface area contributed by atoms with Crippen molar-refractivity contribution in [1.82, 2.24) is 19.9 Å². The van der Waals surface area contributed by atoms with Crippen LogP contribution >= 0.6 is 0 Å². The van der Waals surface area contributed by atoms with Gasteiger partial charge in [0.05, 0.1) is 22.7 Å². The van der Waals surface area contributed by atoms with Crippen molar-refractivity contribution >= 4 is 16.7 Å². The first-order chi connectivity index (χ1) is 16.2. The summed E-state index contributed by atoms with van der Waals surface area (Å²) < 4.78 is 0. The highest BCUT2D eigenvalue weighted by atomic mass is 16.2. The van der Waals surface area contributed by atoms with Crippen LogP contribution in [0.25, 0.3) is 22.2 Å². The Morgan fingerprint density at radius 3 is 2.58 bits per heavy atom. The average molecular weight is 434 g/mol. The molecule has 2 aromatic heterocycles. The van der Waals surface area contributed by atoms with E-state index in [1.54, 1.807) is 30.6 Å². The molecule has 2 aromatic carbocycles. The van der Waals surface area contributed by atoms with Crippen molar-refractivity contribution in [1.29, 1.82) is 5.26 Å². The fourth-order valence-corrected chi connectivity index (χ4v) is 4.66. The predicted octanol–water partition coefficient (Wildman–Crippen LogP) is 4.68. The lowest BCUT2D eigenvalue weighted by atomic mass is 9.74. The molecule has 1 aliphatic rings. The summed E-state index contributed by atoms with van der Waals surface area (Å²) in [7, 11) is 0. The standard InChI is InChI=1S/C27H23N5O/c28-18-27(17-21-7-3-6-20-5-1-2-8-22(20)21)11-15-32(16-12-27)26(33)23-9-4-13-30-25(23)24-10-14-29-19-31-24/h1-10,13-14,19H,11-12,15-17H2. The van der Waals surface area contributed by atoms with Crippen LogP contribution in [0.15, 0.2) is 79.4 Å². The van der Waals surface area contributed by atoms with Gasteiger partial charge in [0.1, 0.15) is 12.0 Å². The predicted molar refractivity (Wildman–Crippen MR) is 126 cm³/mol. The summed E-state index contributed by atoms with van der Waals surface area (Å²) in [5, 5.41) is 12.5. The summed E-state index contributed by atoms with van der Waals surface area (Å²) in [4.78, 5) is 27.8. The normalized spacial score (nSPS) is 15.2. The molecule has 3 heterocycles. The molecular weight excluding hydrogens is 410 g/mol. The number of hydrogen-bond acceptors (Lipinski definition) is 5. The first-order valence-corrected chi connectivity index (χ1v) is 11.1. The number of amides is 1. The van der Waals surface area contributed by atoms with E-state index < -0.39 is 5.41 Å². The average Bonchev–Trinajstić information content (AvgIpc) is 2.89. The second-order valence-corrected chi connectivity index (χ2v) is 8.49. The van der Waals surface area contributed by atoms with E-state index in [-0.39, 0.29) is 5.91 Å². The molecule has 1 saturated heterocycles. The summed E-state index contributed by atoms with van der Waals surface area (Å²) >= 11 is 0. The zero-order valence-corrected chi connectivity index (χ0v) is 18.2. The van der Waals surface area contributed by atoms with Crippen molar-refractivity contribution in [2.24, 2.45) is 5.41 Å². The number of likely N-dealkylation sites (tertiary alicyclic amines) is 1. The SMILES string of the molecule is N#CC1(Cc2cccc3ccccc23)CCN(C(=O)c2cccnc2-c2ccncn2)CC1. The number of rotatable bonds is 4. The Hall–Kier alpha value is -4.11. The van der Waals surface area contributed by atoms with E-state index in [0.29, 0.717) is 49.3 Å². The summed E-state index contributed by atoms with van der Waals surface area (Å²) in [5.41, 5.74) is 2.40. The van der Waals surface area contributed by atoms with Crippen LogP contribution in [0, 0.1) is 16.7 Å². The monoisotopic (exact) mass is 433 g/mol. The van der Waals surface area contributed by atoms with Gasteiger partial charge in [-0.2, -0.15) is 5.26 Å². The number of aromatic nitrogens is 3. The first-order valence-electron chi connectivity index (χ1n) is 11.1. The van der Waals surface area contributed by atoms with Crippen molar-refractivity contribution < 1.29 is 4.79 Å². The molecule has 33 heavy (non-hydrogen) atoms. The van der Waals surface area contributed by atoms with Gasteiger partial charge in [0.2, 0.25) is 0 Å². The van der Waals surface area contributed by atoms with Crippen molar-refractivity contribution in [3.8, 4) is 17.5 Å². The Morgan fingerprint density at radius 2 is 1.79 bits per heavy atom. The summed E-state index contributed by atoms with van der Waals surface area (Å²) in [6, 6.07) is 22.5. The van der Waals surface area contributed by atoms with Crippen molar-refractivity contribution in [3.05, 3.63) is 90.5 Å². The Labute approximate surface area is 192 Å². The van der Waals surface area contributed by atoms with Gasteiger partial charge in [0, 0.05) is 25.5 Å². The third-order valence-electron chi connectivity index (χ3n) is 6.52. The molecule has 0 radical (unpaired) electrons. The van der Waals surface area contributed by atoms with Gasteiger partial charge in [0.15, 0.2) is 0 Å². The van der Waals surface area contributed by atoms with Crippen LogP contribution in [0.3, 0.4) is 0 Å². The number of nitriles is 1. The highest BCUT2D eigenvalue weighted by Crippen LogP contribution is 2.37. The Bertz CT molecular complexity index is 1330. The van der Waals surface area contributed by atoms with Gasteiger partial charge in [-0.15, -0.1) is 0 Å². The van der Waals surface area contributed by atoms with Crippen LogP contribution in [0.1, 0.15) is 28.8 Å². The number of nitrogens with zero attached hydrogens (tertiary/aromatic N) is 5. The second-order valence-electron chi connectivity index (χ2n) is 8.49. The molecule has 4 aromatic rings. The van der Waals surface area contributed by atoms with Crippen molar-refractivity contribution in [2.75, 3.05) is 13.1 Å². The number of piperidine rings is 1. The Morgan fingerprint density at radius 1 is 0.970 bits per heavy atom. The molecule has 0 saturated carbocycles. The van der Waals surface area contributed by atoms with Crippen LogP contribution in [0.5, 0.6) is 0 Å². The largest absolute Gasteiger partial charge is 0.338 e. The van der Waals surface area contributed by atoms with E-state index in [9.17, 15) is 10.1 Å². The third-order valence-corrected chi connectivity index (χ3v) is 6.52. The molecule has 6 heteroatoms. The van der Waals surface area contributed by atoms with E-state index in [0.717, 1.165) is 0 Å². The third kappa shape index (κ3) is 4.06. The fourth-order valence-electron chi connectivity index (χ4n) is 4.66. The lowest BCUT2D eigenvalue weighted by Gasteiger charge is -2.37. The second kappa shape index (κ2) is 8.79. The quantitative estimate of drug-likeness (QED) is 0.467. The number of carbonyl (C=O) groups is 1. The van der Waals surface area contributed by atoms with Crippen LogP contribution in [0.2, 0.25) is 0 Å². The molecule has 0 spiro atoms. The van der Waals surface area contributed by atoms with Crippen LogP contribution in [-0.2, 0) is 6.42 Å². The van der Waals surface area contributed by atoms with E-state index in [1.807, 2.05) is 17.0 Å². The molecule has 0 bridgehead atoms. The van der Waals surface area contributed by atoms with Crippen LogP contribution in [0.4, 0.5) is 0 Å². The van der Waals surface area contributed by atoms with E-state index >= 15 is 0 Å². The van der Waals surface area contributed by atoms with Crippen LogP contribution < -0.4 is 0 Å². The molecule has 162 valence electrons. The maximum absolute atomic E-state index is 13.4. The summed E-state index contributed by atoms with van der Waals surface area (Å²) in [6.45, 7) is 1.07. The fraction of sp³-hybridized carbons (Fsp3) is 0.222. The topological polar surface area (TPSA) is 82.8 Å². The first kappa shape index (κ1) is 20.8. The van der Waals surface area contributed by atoms with Gasteiger partial charge in [-0.25, -0.2) is 9.97 Å². The van der Waals surface area contributed by atoms with Crippen LogP contribution in [-0.4, -0.2) is 38.8 Å². The van der Waals surface area contributed by atoms with E-state index in [1.165, 1.54) is 22.7 Å². The summed E-state index contributed by atoms with van der Waals surface area (Å²) in [5.74, 6) is -0.0755. The molecule has 6 nitrogen and oxygen atoms in total. The molecule has 1 amide bonds. The molecule has 0 atom stereocenters. The summed E-state index contributed by atoms with van der Waals surface area (Å²) in [6.07, 6.45) is 6.72. The number of benzene rings is 2. The molecule has 0 aliphatic carbocycles. The maximum Gasteiger partial charge on any atom is 0.256 e. The molecule has 5 rings (SSSR count). The molecular formula is C27H23N5O. The number of carbonyl (C=O) groups excluding carboxylic acids is 1. The minimum Gasteiger partial charge on any atom is -0.338 e. The van der Waals surface area contributed by atoms with Gasteiger partial charge >= 0.3 is 0 Å². The number of fused-ring (bicyclic) bond motifs is 1. The minimum absolute atomic E-state index is 0.0755. The minimum atomic E-state index is -0.481. The lowest BCUT2D eigenvalue weighted by Crippen LogP contribution is -2.43. The molecule has 0 unspecified atom stereocenters. The highest BCUT2D eigenvalue weighted by molar-refractivity contribution is 5.99. The number of pyridine rings is 1. The number of hydrogen-bond donors (Lipinski definition) is 0. The van der Waals surface area contributed by atoms with Crippen molar-refractivity contribution in [3.63, 3.8) is 0 Å². The molecule has 1 fully saturated rings. The van der Waals surface area contributed by atoms with Crippen molar-refractivity contribution in [2.45, 2.75) is 19.3 Å². The maximum atomic E-state index is 13.4. The van der Waals surface area contributed by atoms with E-state index in [4.69, 9.17) is 0 Å². The van der Waals surface area contributed by atoms with Gasteiger partial charge in [-0.05, 0) is 53.8 Å². The molecule has 0 N–H and O–H groups in total. The Balaban J connectivity index is 1.36. The van der Waals surface area contributed by atoms with Gasteiger partial charge in [-0.3, -0.25) is 9.78 Å². The Kier molecular flexibility index (Phi) is 5.54. The van der Waals surface area contributed by atoms with E-state index in [2.05, 4.69) is 51.4 Å². The van der Waals surface area contributed by atoms with Gasteiger partial charge in [-0.1, -0.05) is 42.5 Å². The lowest BCUT2D eigenvalue weighted by molar-refractivity contribution is 0.0648. The highest BCUT2D eigenvalue weighted by Gasteiger charge is 2.37. The van der Waals surface area contributed by atoms with Gasteiger partial charge < -0.3 is 4.90 Å². The smallest absolute Gasteiger partial charge is 0.256 e. The molecule has 1 aliphatic heterocycles. The zero-order chi connectivity index (χ0) is 22.7. The van der Waals surface area contributed by atoms with Gasteiger partial charge in [0.25, 0.3) is 5.91 Å².